The molecular formula is C12H19N5O2. The van der Waals surface area contributed by atoms with E-state index in [1.165, 1.54) is 25.0 Å². The van der Waals surface area contributed by atoms with Gasteiger partial charge in [-0.15, -0.1) is 0 Å². The fraction of sp³-hybridized carbons (Fsp3) is 0.583. The zero-order valence-electron chi connectivity index (χ0n) is 11.2. The number of likely N-dealkylation sites (N-methyl/N-ethyl adjacent to an activating group) is 1. The summed E-state index contributed by atoms with van der Waals surface area (Å²) in [5.41, 5.74) is 0.0393. The highest BCUT2D eigenvalue weighted by atomic mass is 16.6. The molecule has 0 bridgehead atoms. The summed E-state index contributed by atoms with van der Waals surface area (Å²) in [6.07, 6.45) is 2.55. The van der Waals surface area contributed by atoms with Crippen molar-refractivity contribution < 1.29 is 4.92 Å². The second kappa shape index (κ2) is 5.83. The number of nitrogens with zero attached hydrogens (tertiary/aromatic N) is 3. The lowest BCUT2D eigenvalue weighted by Crippen LogP contribution is -2.27. The molecule has 1 saturated carbocycles. The van der Waals surface area contributed by atoms with Crippen LogP contribution in [0.2, 0.25) is 0 Å². The van der Waals surface area contributed by atoms with Crippen LogP contribution in [0.5, 0.6) is 0 Å². The van der Waals surface area contributed by atoms with Gasteiger partial charge in [-0.2, -0.15) is 0 Å². The summed E-state index contributed by atoms with van der Waals surface area (Å²) in [6, 6.07) is 3.59. The molecule has 1 aliphatic carbocycles. The minimum atomic E-state index is -0.413. The number of aromatic nitrogens is 1. The molecule has 0 saturated heterocycles. The van der Waals surface area contributed by atoms with Gasteiger partial charge in [0.05, 0.1) is 17.1 Å². The highest BCUT2D eigenvalue weighted by Crippen LogP contribution is 2.25. The number of hydrogen-bond donors (Lipinski definition) is 2. The number of anilines is 2. The first kappa shape index (κ1) is 13.5. The van der Waals surface area contributed by atoms with E-state index in [1.54, 1.807) is 7.05 Å². The van der Waals surface area contributed by atoms with Gasteiger partial charge in [0.25, 0.3) is 5.69 Å². The Kier molecular flexibility index (Phi) is 4.16. The normalized spacial score (nSPS) is 14.5. The molecule has 1 aliphatic rings. The van der Waals surface area contributed by atoms with Gasteiger partial charge in [0, 0.05) is 26.2 Å². The second-order valence-electron chi connectivity index (χ2n) is 4.74. The van der Waals surface area contributed by atoms with E-state index < -0.39 is 4.92 Å². The number of pyridine rings is 1. The SMILES string of the molecule is CNc1cc([N+](=O)[O-])cc(NCCN(C)C2CC2)n1. The first-order chi connectivity index (χ1) is 9.10. The van der Waals surface area contributed by atoms with Crippen LogP contribution in [-0.4, -0.2) is 48.0 Å². The van der Waals surface area contributed by atoms with E-state index in [9.17, 15) is 10.1 Å². The van der Waals surface area contributed by atoms with Gasteiger partial charge in [0.2, 0.25) is 0 Å². The molecule has 0 atom stereocenters. The van der Waals surface area contributed by atoms with Crippen molar-refractivity contribution in [3.8, 4) is 0 Å². The molecule has 2 rings (SSSR count). The maximum Gasteiger partial charge on any atom is 0.276 e. The van der Waals surface area contributed by atoms with Crippen LogP contribution in [0, 0.1) is 10.1 Å². The monoisotopic (exact) mass is 265 g/mol. The Morgan fingerprint density at radius 3 is 2.74 bits per heavy atom. The van der Waals surface area contributed by atoms with Crippen molar-refractivity contribution in [2.75, 3.05) is 37.8 Å². The van der Waals surface area contributed by atoms with Crippen LogP contribution in [0.1, 0.15) is 12.8 Å². The summed E-state index contributed by atoms with van der Waals surface area (Å²) in [6.45, 7) is 1.63. The summed E-state index contributed by atoms with van der Waals surface area (Å²) in [4.78, 5) is 16.9. The number of nitrogens with one attached hydrogen (secondary N) is 2. The van der Waals surface area contributed by atoms with E-state index in [1.807, 2.05) is 0 Å². The molecule has 1 fully saturated rings. The van der Waals surface area contributed by atoms with Crippen LogP contribution in [0.25, 0.3) is 0 Å². The number of hydrogen-bond acceptors (Lipinski definition) is 6. The van der Waals surface area contributed by atoms with Crippen molar-refractivity contribution in [2.24, 2.45) is 0 Å². The van der Waals surface area contributed by atoms with E-state index >= 15 is 0 Å². The molecule has 0 unspecified atom stereocenters. The summed E-state index contributed by atoms with van der Waals surface area (Å²) in [5, 5.41) is 16.8. The van der Waals surface area contributed by atoms with E-state index in [2.05, 4.69) is 27.6 Å². The van der Waals surface area contributed by atoms with E-state index in [0.29, 0.717) is 17.7 Å². The van der Waals surface area contributed by atoms with Crippen LogP contribution >= 0.6 is 0 Å². The Hall–Kier alpha value is -1.89. The molecule has 1 aromatic rings. The topological polar surface area (TPSA) is 83.3 Å². The van der Waals surface area contributed by atoms with Crippen molar-refractivity contribution in [3.63, 3.8) is 0 Å². The third kappa shape index (κ3) is 3.78. The molecule has 104 valence electrons. The molecule has 0 aliphatic heterocycles. The lowest BCUT2D eigenvalue weighted by molar-refractivity contribution is -0.384. The van der Waals surface area contributed by atoms with Crippen molar-refractivity contribution in [3.05, 3.63) is 22.2 Å². The number of nitro groups is 1. The van der Waals surface area contributed by atoms with Crippen molar-refractivity contribution in [1.82, 2.24) is 9.88 Å². The maximum absolute atomic E-state index is 10.8. The molecule has 19 heavy (non-hydrogen) atoms. The molecule has 0 radical (unpaired) electrons. The zero-order chi connectivity index (χ0) is 13.8. The standard InChI is InChI=1S/C12H19N5O2/c1-13-11-7-10(17(18)19)8-12(15-11)14-5-6-16(2)9-3-4-9/h7-9H,3-6H2,1-2H3,(H2,13,14,15). The fourth-order valence-electron chi connectivity index (χ4n) is 1.90. The summed E-state index contributed by atoms with van der Waals surface area (Å²) in [7, 11) is 3.79. The van der Waals surface area contributed by atoms with Crippen LogP contribution in [0.15, 0.2) is 12.1 Å². The minimum Gasteiger partial charge on any atom is -0.373 e. The molecule has 1 aromatic heterocycles. The van der Waals surface area contributed by atoms with E-state index in [0.717, 1.165) is 13.1 Å². The molecule has 1 heterocycles. The quantitative estimate of drug-likeness (QED) is 0.574. The van der Waals surface area contributed by atoms with Crippen LogP contribution < -0.4 is 10.6 Å². The predicted octanol–water partition coefficient (Wildman–Crippen LogP) is 1.54. The maximum atomic E-state index is 10.8. The first-order valence-electron chi connectivity index (χ1n) is 6.38. The third-order valence-corrected chi connectivity index (χ3v) is 3.22. The summed E-state index contributed by atoms with van der Waals surface area (Å²) < 4.78 is 0. The molecule has 0 spiro atoms. The van der Waals surface area contributed by atoms with Crippen molar-refractivity contribution in [2.45, 2.75) is 18.9 Å². The Labute approximate surface area is 112 Å². The largest absolute Gasteiger partial charge is 0.373 e. The summed E-state index contributed by atoms with van der Waals surface area (Å²) in [5.74, 6) is 1.02. The Morgan fingerprint density at radius 1 is 1.47 bits per heavy atom. The first-order valence-corrected chi connectivity index (χ1v) is 6.38. The van der Waals surface area contributed by atoms with Crippen LogP contribution in [0.4, 0.5) is 17.3 Å². The molecule has 7 heteroatoms. The molecular weight excluding hydrogens is 246 g/mol. The lowest BCUT2D eigenvalue weighted by Gasteiger charge is -2.16. The van der Waals surface area contributed by atoms with Gasteiger partial charge < -0.3 is 15.5 Å². The summed E-state index contributed by atoms with van der Waals surface area (Å²) >= 11 is 0. The van der Waals surface area contributed by atoms with Crippen molar-refractivity contribution in [1.29, 1.82) is 0 Å². The molecule has 0 aromatic carbocycles. The van der Waals surface area contributed by atoms with Gasteiger partial charge >= 0.3 is 0 Å². The Balaban J connectivity index is 1.94. The van der Waals surface area contributed by atoms with Crippen molar-refractivity contribution >= 4 is 17.3 Å². The molecule has 2 N–H and O–H groups in total. The smallest absolute Gasteiger partial charge is 0.276 e. The molecule has 7 nitrogen and oxygen atoms in total. The van der Waals surface area contributed by atoms with E-state index in [4.69, 9.17) is 0 Å². The Bertz CT molecular complexity index is 461. The lowest BCUT2D eigenvalue weighted by atomic mass is 10.3. The van der Waals surface area contributed by atoms with Gasteiger partial charge in [0.15, 0.2) is 0 Å². The highest BCUT2D eigenvalue weighted by molar-refractivity contribution is 5.54. The Morgan fingerprint density at radius 2 is 2.16 bits per heavy atom. The van der Waals surface area contributed by atoms with Gasteiger partial charge in [-0.25, -0.2) is 4.98 Å². The minimum absolute atomic E-state index is 0.0393. The highest BCUT2D eigenvalue weighted by Gasteiger charge is 2.25. The van der Waals surface area contributed by atoms with Crippen LogP contribution in [-0.2, 0) is 0 Å². The number of rotatable bonds is 7. The fourth-order valence-corrected chi connectivity index (χ4v) is 1.90. The van der Waals surface area contributed by atoms with Gasteiger partial charge in [-0.05, 0) is 19.9 Å². The molecule has 0 amide bonds. The second-order valence-corrected chi connectivity index (χ2v) is 4.74. The zero-order valence-corrected chi connectivity index (χ0v) is 11.2. The average molecular weight is 265 g/mol. The average Bonchev–Trinajstić information content (AvgIpc) is 3.22. The van der Waals surface area contributed by atoms with E-state index in [-0.39, 0.29) is 5.69 Å². The van der Waals surface area contributed by atoms with Gasteiger partial charge in [0.1, 0.15) is 11.6 Å². The predicted molar refractivity (Wildman–Crippen MR) is 74.6 cm³/mol. The van der Waals surface area contributed by atoms with Gasteiger partial charge in [-0.1, -0.05) is 0 Å². The third-order valence-electron chi connectivity index (χ3n) is 3.22. The van der Waals surface area contributed by atoms with Gasteiger partial charge in [-0.3, -0.25) is 10.1 Å². The van der Waals surface area contributed by atoms with Crippen LogP contribution in [0.3, 0.4) is 0 Å².